The normalized spacial score (nSPS) is 19.6. The van der Waals surface area contributed by atoms with E-state index < -0.39 is 0 Å². The van der Waals surface area contributed by atoms with E-state index in [0.29, 0.717) is 11.8 Å². The highest BCUT2D eigenvalue weighted by atomic mass is 127. The SMILES string of the molecule is CN=C(NCCCCCCC(=O)OC)N1CCC2(CCCCC2)C1.I. The lowest BCUT2D eigenvalue weighted by Gasteiger charge is -2.33. The largest absolute Gasteiger partial charge is 0.469 e. The Labute approximate surface area is 170 Å². The van der Waals surface area contributed by atoms with E-state index >= 15 is 0 Å². The Balaban J connectivity index is 0.00000312. The number of hydrogen-bond acceptors (Lipinski definition) is 3. The summed E-state index contributed by atoms with van der Waals surface area (Å²) in [6.45, 7) is 3.30. The minimum absolute atomic E-state index is 0. The number of carbonyl (C=O) groups is 1. The molecule has 1 saturated carbocycles. The standard InChI is InChI=1S/C19H35N3O2.HI/c1-20-18(21-14-9-4-3-6-10-17(23)24-2)22-15-13-19(16-22)11-7-5-8-12-19;/h3-16H2,1-2H3,(H,20,21);1H. The second kappa shape index (κ2) is 12.0. The molecule has 0 aromatic rings. The van der Waals surface area contributed by atoms with Crippen LogP contribution in [0.5, 0.6) is 0 Å². The summed E-state index contributed by atoms with van der Waals surface area (Å²) in [5.74, 6) is 0.978. The molecule has 0 bridgehead atoms. The van der Waals surface area contributed by atoms with Crippen molar-refractivity contribution in [3.63, 3.8) is 0 Å². The summed E-state index contributed by atoms with van der Waals surface area (Å²) in [5.41, 5.74) is 0.573. The number of likely N-dealkylation sites (tertiary alicyclic amines) is 1. The van der Waals surface area contributed by atoms with E-state index in [2.05, 4.69) is 19.9 Å². The van der Waals surface area contributed by atoms with Crippen LogP contribution >= 0.6 is 24.0 Å². The van der Waals surface area contributed by atoms with Crippen molar-refractivity contribution in [1.29, 1.82) is 0 Å². The van der Waals surface area contributed by atoms with Crippen LogP contribution in [-0.2, 0) is 9.53 Å². The molecule has 6 heteroatoms. The lowest BCUT2D eigenvalue weighted by Crippen LogP contribution is -2.41. The third-order valence-electron chi connectivity index (χ3n) is 5.68. The second-order valence-corrected chi connectivity index (χ2v) is 7.45. The predicted molar refractivity (Wildman–Crippen MR) is 114 cm³/mol. The molecule has 1 heterocycles. The van der Waals surface area contributed by atoms with E-state index in [1.807, 2.05) is 7.05 Å². The summed E-state index contributed by atoms with van der Waals surface area (Å²) in [7, 11) is 3.35. The fourth-order valence-corrected chi connectivity index (χ4v) is 4.21. The lowest BCUT2D eigenvalue weighted by atomic mass is 9.73. The minimum atomic E-state index is -0.0980. The quantitative estimate of drug-likeness (QED) is 0.203. The molecule has 146 valence electrons. The zero-order chi connectivity index (χ0) is 17.3. The summed E-state index contributed by atoms with van der Waals surface area (Å²) < 4.78 is 4.66. The number of ether oxygens (including phenoxy) is 1. The molecule has 2 rings (SSSR count). The van der Waals surface area contributed by atoms with Crippen molar-refractivity contribution in [1.82, 2.24) is 10.2 Å². The average molecular weight is 465 g/mol. The van der Waals surface area contributed by atoms with E-state index in [1.54, 1.807) is 0 Å². The number of halogens is 1. The van der Waals surface area contributed by atoms with Crippen molar-refractivity contribution in [2.75, 3.05) is 33.8 Å². The molecule has 2 fully saturated rings. The summed E-state index contributed by atoms with van der Waals surface area (Å²) in [5, 5.41) is 3.53. The highest BCUT2D eigenvalue weighted by Gasteiger charge is 2.39. The number of carbonyl (C=O) groups excluding carboxylic acids is 1. The smallest absolute Gasteiger partial charge is 0.305 e. The molecular weight excluding hydrogens is 429 g/mol. The van der Waals surface area contributed by atoms with Crippen molar-refractivity contribution in [3.05, 3.63) is 0 Å². The maximum Gasteiger partial charge on any atom is 0.305 e. The third kappa shape index (κ3) is 7.31. The fraction of sp³-hybridized carbons (Fsp3) is 0.895. The molecule has 25 heavy (non-hydrogen) atoms. The van der Waals surface area contributed by atoms with Crippen molar-refractivity contribution in [3.8, 4) is 0 Å². The first-order chi connectivity index (χ1) is 11.7. The monoisotopic (exact) mass is 465 g/mol. The number of esters is 1. The molecular formula is C19H36IN3O2. The second-order valence-electron chi connectivity index (χ2n) is 7.45. The molecule has 0 aromatic carbocycles. The Morgan fingerprint density at radius 2 is 1.84 bits per heavy atom. The van der Waals surface area contributed by atoms with Gasteiger partial charge in [0.15, 0.2) is 5.96 Å². The van der Waals surface area contributed by atoms with Gasteiger partial charge in [-0.1, -0.05) is 32.1 Å². The maximum atomic E-state index is 11.0. The molecule has 0 amide bonds. The molecule has 5 nitrogen and oxygen atoms in total. The number of hydrogen-bond donors (Lipinski definition) is 1. The summed E-state index contributed by atoms with van der Waals surface area (Å²) >= 11 is 0. The number of aliphatic imine (C=N–C) groups is 1. The van der Waals surface area contributed by atoms with E-state index in [1.165, 1.54) is 52.2 Å². The van der Waals surface area contributed by atoms with Crippen LogP contribution in [0.4, 0.5) is 0 Å². The van der Waals surface area contributed by atoms with Gasteiger partial charge in [0.25, 0.3) is 0 Å². The van der Waals surface area contributed by atoms with Gasteiger partial charge in [0.2, 0.25) is 0 Å². The number of methoxy groups -OCH3 is 1. The van der Waals surface area contributed by atoms with E-state index in [-0.39, 0.29) is 29.9 Å². The van der Waals surface area contributed by atoms with E-state index in [0.717, 1.165) is 44.7 Å². The van der Waals surface area contributed by atoms with Gasteiger partial charge in [0.1, 0.15) is 0 Å². The van der Waals surface area contributed by atoms with E-state index in [9.17, 15) is 4.79 Å². The van der Waals surface area contributed by atoms with Gasteiger partial charge in [0, 0.05) is 33.1 Å². The van der Waals surface area contributed by atoms with Crippen LogP contribution in [-0.4, -0.2) is 50.6 Å². The Kier molecular flexibility index (Phi) is 10.8. The zero-order valence-electron chi connectivity index (χ0n) is 16.0. The Bertz CT molecular complexity index is 423. The molecule has 0 atom stereocenters. The number of guanidine groups is 1. The lowest BCUT2D eigenvalue weighted by molar-refractivity contribution is -0.140. The molecule has 1 aliphatic heterocycles. The van der Waals surface area contributed by atoms with Crippen molar-refractivity contribution in [2.24, 2.45) is 10.4 Å². The van der Waals surface area contributed by atoms with Gasteiger partial charge in [-0.3, -0.25) is 9.79 Å². The van der Waals surface area contributed by atoms with Crippen LogP contribution in [0.25, 0.3) is 0 Å². The zero-order valence-corrected chi connectivity index (χ0v) is 18.3. The van der Waals surface area contributed by atoms with Crippen LogP contribution in [0.15, 0.2) is 4.99 Å². The van der Waals surface area contributed by atoms with Gasteiger partial charge < -0.3 is 15.0 Å². The van der Waals surface area contributed by atoms with Crippen LogP contribution in [0.2, 0.25) is 0 Å². The molecule has 1 N–H and O–H groups in total. The van der Waals surface area contributed by atoms with E-state index in [4.69, 9.17) is 0 Å². The van der Waals surface area contributed by atoms with Crippen LogP contribution in [0.3, 0.4) is 0 Å². The Hall–Kier alpha value is -0.530. The van der Waals surface area contributed by atoms with Gasteiger partial charge in [0.05, 0.1) is 7.11 Å². The van der Waals surface area contributed by atoms with Gasteiger partial charge >= 0.3 is 5.97 Å². The average Bonchev–Trinajstić information content (AvgIpc) is 3.00. The molecule has 1 spiro atoms. The van der Waals surface area contributed by atoms with Gasteiger partial charge in [-0.25, -0.2) is 0 Å². The molecule has 1 saturated heterocycles. The van der Waals surface area contributed by atoms with Gasteiger partial charge in [-0.2, -0.15) is 0 Å². The predicted octanol–water partition coefficient (Wildman–Crippen LogP) is 3.96. The Morgan fingerprint density at radius 3 is 2.52 bits per heavy atom. The molecule has 1 aliphatic carbocycles. The summed E-state index contributed by atoms with van der Waals surface area (Å²) in [6.07, 6.45) is 13.2. The highest BCUT2D eigenvalue weighted by Crippen LogP contribution is 2.43. The first-order valence-electron chi connectivity index (χ1n) is 9.71. The van der Waals surface area contributed by atoms with Gasteiger partial charge in [-0.05, 0) is 37.5 Å². The molecule has 2 aliphatic rings. The molecule has 0 unspecified atom stereocenters. The number of nitrogens with zero attached hydrogens (tertiary/aromatic N) is 2. The summed E-state index contributed by atoms with van der Waals surface area (Å²) in [6, 6.07) is 0. The minimum Gasteiger partial charge on any atom is -0.469 e. The van der Waals surface area contributed by atoms with Crippen LogP contribution in [0, 0.1) is 5.41 Å². The highest BCUT2D eigenvalue weighted by molar-refractivity contribution is 14.0. The topological polar surface area (TPSA) is 53.9 Å². The van der Waals surface area contributed by atoms with Crippen molar-refractivity contribution in [2.45, 2.75) is 70.6 Å². The maximum absolute atomic E-state index is 11.0. The first-order valence-corrected chi connectivity index (χ1v) is 9.71. The number of unbranched alkanes of at least 4 members (excludes halogenated alkanes) is 3. The Morgan fingerprint density at radius 1 is 1.12 bits per heavy atom. The van der Waals surface area contributed by atoms with Crippen LogP contribution in [0.1, 0.15) is 70.6 Å². The number of rotatable bonds is 7. The molecule has 0 radical (unpaired) electrons. The number of nitrogens with one attached hydrogen (secondary N) is 1. The third-order valence-corrected chi connectivity index (χ3v) is 5.68. The van der Waals surface area contributed by atoms with Gasteiger partial charge in [-0.15, -0.1) is 24.0 Å². The van der Waals surface area contributed by atoms with Crippen LogP contribution < -0.4 is 5.32 Å². The first kappa shape index (κ1) is 22.5. The molecule has 0 aromatic heterocycles. The fourth-order valence-electron chi connectivity index (χ4n) is 4.21. The van der Waals surface area contributed by atoms with Crippen molar-refractivity contribution < 1.29 is 9.53 Å². The van der Waals surface area contributed by atoms with Crippen molar-refractivity contribution >= 4 is 35.9 Å². The summed E-state index contributed by atoms with van der Waals surface area (Å²) in [4.78, 5) is 18.0.